The molecule has 20 heavy (non-hydrogen) atoms. The molecule has 1 unspecified atom stereocenters. The summed E-state index contributed by atoms with van der Waals surface area (Å²) in [5.74, 6) is -1.14. The van der Waals surface area contributed by atoms with Gasteiger partial charge in [-0.2, -0.15) is 0 Å². The Balaban J connectivity index is 2.33. The Morgan fingerprint density at radius 2 is 2.20 bits per heavy atom. The minimum atomic E-state index is -0.742. The number of nitrogens with two attached hydrogens (primary N) is 1. The zero-order valence-corrected chi connectivity index (χ0v) is 11.5. The molecule has 0 radical (unpaired) electrons. The number of guanidine groups is 1. The number of halogens is 2. The third-order valence-electron chi connectivity index (χ3n) is 2.34. The van der Waals surface area contributed by atoms with E-state index in [1.165, 1.54) is 6.07 Å². The molecule has 7 heteroatoms. The highest BCUT2D eigenvalue weighted by molar-refractivity contribution is 5.78. The Labute approximate surface area is 116 Å². The first-order chi connectivity index (χ1) is 9.52. The molecule has 0 heterocycles. The molecule has 1 rings (SSSR count). The van der Waals surface area contributed by atoms with E-state index < -0.39 is 11.6 Å². The highest BCUT2D eigenvalue weighted by atomic mass is 19.1. The van der Waals surface area contributed by atoms with Crippen LogP contribution in [0.3, 0.4) is 0 Å². The SMILES string of the molecule is COCC(C)NC(N)=NCCOc1ccc(F)cc1F. The number of hydrogen-bond acceptors (Lipinski definition) is 3. The van der Waals surface area contributed by atoms with Crippen LogP contribution in [0.1, 0.15) is 6.92 Å². The average molecular weight is 287 g/mol. The van der Waals surface area contributed by atoms with E-state index in [2.05, 4.69) is 10.3 Å². The van der Waals surface area contributed by atoms with Crippen molar-refractivity contribution in [1.29, 1.82) is 0 Å². The summed E-state index contributed by atoms with van der Waals surface area (Å²) < 4.78 is 36.0. The standard InChI is InChI=1S/C13H19F2N3O2/c1-9(8-19-2)18-13(16)17-5-6-20-12-4-3-10(14)7-11(12)15/h3-4,7,9H,5-6,8H2,1-2H3,(H3,16,17,18). The Morgan fingerprint density at radius 1 is 1.45 bits per heavy atom. The summed E-state index contributed by atoms with van der Waals surface area (Å²) in [6, 6.07) is 3.17. The van der Waals surface area contributed by atoms with Crippen LogP contribution in [-0.2, 0) is 4.74 Å². The van der Waals surface area contributed by atoms with Crippen LogP contribution < -0.4 is 15.8 Å². The fraction of sp³-hybridized carbons (Fsp3) is 0.462. The van der Waals surface area contributed by atoms with E-state index in [1.54, 1.807) is 7.11 Å². The molecule has 0 spiro atoms. The lowest BCUT2D eigenvalue weighted by atomic mass is 10.3. The number of nitrogens with zero attached hydrogens (tertiary/aromatic N) is 1. The van der Waals surface area contributed by atoms with Gasteiger partial charge in [-0.1, -0.05) is 0 Å². The molecule has 0 saturated heterocycles. The van der Waals surface area contributed by atoms with Gasteiger partial charge in [-0.25, -0.2) is 13.8 Å². The molecule has 1 aromatic carbocycles. The molecule has 0 aliphatic rings. The number of nitrogens with one attached hydrogen (secondary N) is 1. The third kappa shape index (κ3) is 5.83. The van der Waals surface area contributed by atoms with Crippen molar-refractivity contribution < 1.29 is 18.3 Å². The Kier molecular flexibility index (Phi) is 6.72. The van der Waals surface area contributed by atoms with Crippen molar-refractivity contribution in [3.8, 4) is 5.75 Å². The molecule has 3 N–H and O–H groups in total. The fourth-order valence-electron chi connectivity index (χ4n) is 1.50. The molecular weight excluding hydrogens is 268 g/mol. The van der Waals surface area contributed by atoms with Gasteiger partial charge < -0.3 is 20.5 Å². The smallest absolute Gasteiger partial charge is 0.188 e. The monoisotopic (exact) mass is 287 g/mol. The van der Waals surface area contributed by atoms with Crippen molar-refractivity contribution in [3.63, 3.8) is 0 Å². The fourth-order valence-corrected chi connectivity index (χ4v) is 1.50. The lowest BCUT2D eigenvalue weighted by molar-refractivity contribution is 0.179. The molecule has 0 aromatic heterocycles. The van der Waals surface area contributed by atoms with E-state index >= 15 is 0 Å². The molecule has 0 amide bonds. The first kappa shape index (κ1) is 16.2. The van der Waals surface area contributed by atoms with E-state index in [9.17, 15) is 8.78 Å². The maximum atomic E-state index is 13.2. The minimum absolute atomic E-state index is 0.0131. The predicted octanol–water partition coefficient (Wildman–Crippen LogP) is 1.28. The summed E-state index contributed by atoms with van der Waals surface area (Å²) in [6.45, 7) is 2.81. The number of methoxy groups -OCH3 is 1. The van der Waals surface area contributed by atoms with E-state index in [1.807, 2.05) is 6.92 Å². The van der Waals surface area contributed by atoms with Gasteiger partial charge in [-0.3, -0.25) is 0 Å². The number of aliphatic imine (C=N–C) groups is 1. The zero-order valence-electron chi connectivity index (χ0n) is 11.5. The summed E-state index contributed by atoms with van der Waals surface area (Å²) in [5, 5.41) is 2.92. The van der Waals surface area contributed by atoms with Crippen LogP contribution in [0.5, 0.6) is 5.75 Å². The molecule has 0 aliphatic carbocycles. The van der Waals surface area contributed by atoms with Gasteiger partial charge in [0.2, 0.25) is 0 Å². The molecular formula is C13H19F2N3O2. The lowest BCUT2D eigenvalue weighted by Crippen LogP contribution is -2.40. The topological polar surface area (TPSA) is 68.9 Å². The van der Waals surface area contributed by atoms with E-state index in [0.29, 0.717) is 6.61 Å². The maximum absolute atomic E-state index is 13.2. The highest BCUT2D eigenvalue weighted by Gasteiger charge is 2.04. The normalized spacial score (nSPS) is 13.1. The number of hydrogen-bond donors (Lipinski definition) is 2. The van der Waals surface area contributed by atoms with Crippen LogP contribution >= 0.6 is 0 Å². The maximum Gasteiger partial charge on any atom is 0.188 e. The molecule has 112 valence electrons. The van der Waals surface area contributed by atoms with Crippen LogP contribution in [-0.4, -0.2) is 38.9 Å². The number of benzene rings is 1. The van der Waals surface area contributed by atoms with Crippen LogP contribution in [0.4, 0.5) is 8.78 Å². The summed E-state index contributed by atoms with van der Waals surface area (Å²) in [5.41, 5.74) is 5.64. The Hall–Kier alpha value is -1.89. The predicted molar refractivity (Wildman–Crippen MR) is 72.8 cm³/mol. The van der Waals surface area contributed by atoms with Gasteiger partial charge in [0, 0.05) is 19.2 Å². The van der Waals surface area contributed by atoms with Crippen LogP contribution in [0.15, 0.2) is 23.2 Å². The van der Waals surface area contributed by atoms with Gasteiger partial charge in [-0.05, 0) is 19.1 Å². The van der Waals surface area contributed by atoms with Crippen molar-refractivity contribution in [2.45, 2.75) is 13.0 Å². The second-order valence-electron chi connectivity index (χ2n) is 4.19. The van der Waals surface area contributed by atoms with Crippen molar-refractivity contribution in [1.82, 2.24) is 5.32 Å². The molecule has 1 aromatic rings. The summed E-state index contributed by atoms with van der Waals surface area (Å²) in [7, 11) is 1.59. The average Bonchev–Trinajstić information content (AvgIpc) is 2.36. The molecule has 5 nitrogen and oxygen atoms in total. The van der Waals surface area contributed by atoms with Crippen LogP contribution in [0, 0.1) is 11.6 Å². The minimum Gasteiger partial charge on any atom is -0.489 e. The van der Waals surface area contributed by atoms with Gasteiger partial charge in [0.15, 0.2) is 17.5 Å². The summed E-state index contributed by atoms with van der Waals surface area (Å²) >= 11 is 0. The molecule has 0 saturated carbocycles. The van der Waals surface area contributed by atoms with Gasteiger partial charge in [0.05, 0.1) is 13.2 Å². The summed E-state index contributed by atoms with van der Waals surface area (Å²) in [6.07, 6.45) is 0. The Bertz CT molecular complexity index is 455. The highest BCUT2D eigenvalue weighted by Crippen LogP contribution is 2.17. The molecule has 0 fully saturated rings. The number of ether oxygens (including phenoxy) is 2. The first-order valence-corrected chi connectivity index (χ1v) is 6.16. The van der Waals surface area contributed by atoms with Crippen LogP contribution in [0.25, 0.3) is 0 Å². The van der Waals surface area contributed by atoms with Crippen molar-refractivity contribution in [2.24, 2.45) is 10.7 Å². The third-order valence-corrected chi connectivity index (χ3v) is 2.34. The zero-order chi connectivity index (χ0) is 15.0. The second kappa shape index (κ2) is 8.31. The van der Waals surface area contributed by atoms with Crippen LogP contribution in [0.2, 0.25) is 0 Å². The van der Waals surface area contributed by atoms with Crippen molar-refractivity contribution >= 4 is 5.96 Å². The second-order valence-corrected chi connectivity index (χ2v) is 4.19. The Morgan fingerprint density at radius 3 is 2.85 bits per heavy atom. The molecule has 0 bridgehead atoms. The lowest BCUT2D eigenvalue weighted by Gasteiger charge is -2.13. The largest absolute Gasteiger partial charge is 0.489 e. The summed E-state index contributed by atoms with van der Waals surface area (Å²) in [4.78, 5) is 4.01. The van der Waals surface area contributed by atoms with Gasteiger partial charge in [-0.15, -0.1) is 0 Å². The van der Waals surface area contributed by atoms with E-state index in [4.69, 9.17) is 15.2 Å². The van der Waals surface area contributed by atoms with E-state index in [-0.39, 0.29) is 30.9 Å². The van der Waals surface area contributed by atoms with Gasteiger partial charge in [0.1, 0.15) is 12.4 Å². The molecule has 0 aliphatic heterocycles. The first-order valence-electron chi connectivity index (χ1n) is 6.16. The van der Waals surface area contributed by atoms with Gasteiger partial charge in [0.25, 0.3) is 0 Å². The molecule has 1 atom stereocenters. The van der Waals surface area contributed by atoms with Crippen molar-refractivity contribution in [2.75, 3.05) is 26.9 Å². The quantitative estimate of drug-likeness (QED) is 0.450. The number of rotatable bonds is 7. The van der Waals surface area contributed by atoms with E-state index in [0.717, 1.165) is 12.1 Å². The van der Waals surface area contributed by atoms with Crippen molar-refractivity contribution in [3.05, 3.63) is 29.8 Å². The van der Waals surface area contributed by atoms with Gasteiger partial charge >= 0.3 is 0 Å².